The minimum Gasteiger partial charge on any atom is -0.508 e. The van der Waals surface area contributed by atoms with Gasteiger partial charge in [-0.1, -0.05) is 44.2 Å². The Morgan fingerprint density at radius 2 is 1.48 bits per heavy atom. The highest BCUT2D eigenvalue weighted by molar-refractivity contribution is 7.80. The second-order valence-corrected chi connectivity index (χ2v) is 10.3. The number of phenolic OH excluding ortho intramolecular Hbond substituents is 1. The van der Waals surface area contributed by atoms with Crippen molar-refractivity contribution in [2.45, 2.75) is 50.9 Å². The largest absolute Gasteiger partial charge is 0.508 e. The van der Waals surface area contributed by atoms with Gasteiger partial charge in [-0.15, -0.1) is 0 Å². The number of aliphatic carboxylic acids is 1. The van der Waals surface area contributed by atoms with Crippen molar-refractivity contribution < 1.29 is 29.4 Å². The third-order valence-corrected chi connectivity index (χ3v) is 6.92. The van der Waals surface area contributed by atoms with E-state index in [1.165, 1.54) is 12.1 Å². The Bertz CT molecular complexity index is 1340. The molecule has 0 radical (unpaired) electrons. The van der Waals surface area contributed by atoms with Gasteiger partial charge < -0.3 is 36.9 Å². The number of H-pyrrole nitrogens is 1. The van der Waals surface area contributed by atoms with Crippen molar-refractivity contribution in [2.24, 2.45) is 11.7 Å². The van der Waals surface area contributed by atoms with Crippen molar-refractivity contribution in [1.82, 2.24) is 20.9 Å². The van der Waals surface area contributed by atoms with Crippen LogP contribution in [0.1, 0.15) is 25.0 Å². The molecule has 3 aromatic rings. The first-order valence-electron chi connectivity index (χ1n) is 12.8. The topological polar surface area (TPSA) is 187 Å². The molecule has 0 aliphatic rings. The number of hydrogen-bond acceptors (Lipinski definition) is 7. The first kappa shape index (κ1) is 30.5. The average molecular weight is 570 g/mol. The Balaban J connectivity index is 1.76. The third kappa shape index (κ3) is 7.99. The fourth-order valence-corrected chi connectivity index (χ4v) is 4.36. The van der Waals surface area contributed by atoms with E-state index >= 15 is 0 Å². The number of phenols is 1. The van der Waals surface area contributed by atoms with Gasteiger partial charge in [0.25, 0.3) is 0 Å². The molecule has 11 nitrogen and oxygen atoms in total. The van der Waals surface area contributed by atoms with Crippen molar-refractivity contribution in [3.05, 3.63) is 65.9 Å². The lowest BCUT2D eigenvalue weighted by atomic mass is 10.0. The van der Waals surface area contributed by atoms with Gasteiger partial charge in [-0.05, 0) is 35.2 Å². The maximum absolute atomic E-state index is 13.4. The highest BCUT2D eigenvalue weighted by atomic mass is 32.1. The summed E-state index contributed by atoms with van der Waals surface area (Å²) < 4.78 is 0. The molecule has 8 N–H and O–H groups in total. The quantitative estimate of drug-likeness (QED) is 0.142. The van der Waals surface area contributed by atoms with Crippen LogP contribution in [0.4, 0.5) is 0 Å². The van der Waals surface area contributed by atoms with E-state index in [2.05, 4.69) is 33.6 Å². The lowest BCUT2D eigenvalue weighted by Gasteiger charge is -2.25. The molecule has 214 valence electrons. The van der Waals surface area contributed by atoms with E-state index in [-0.39, 0.29) is 30.3 Å². The number of carboxylic acids is 1. The smallest absolute Gasteiger partial charge is 0.326 e. The van der Waals surface area contributed by atoms with Crippen molar-refractivity contribution in [2.75, 3.05) is 5.75 Å². The Hall–Kier alpha value is -4.03. The van der Waals surface area contributed by atoms with Crippen LogP contribution in [-0.4, -0.2) is 68.8 Å². The summed E-state index contributed by atoms with van der Waals surface area (Å²) in [6, 6.07) is 9.06. The molecular weight excluding hydrogens is 534 g/mol. The molecule has 3 amide bonds. The Morgan fingerprint density at radius 1 is 0.875 bits per heavy atom. The Labute approximate surface area is 237 Å². The molecule has 0 aliphatic carbocycles. The molecule has 1 aromatic heterocycles. The fraction of sp³-hybridized carbons (Fsp3) is 0.357. The van der Waals surface area contributed by atoms with Gasteiger partial charge in [-0.3, -0.25) is 14.4 Å². The number of nitrogens with two attached hydrogens (primary N) is 1. The van der Waals surface area contributed by atoms with Gasteiger partial charge in [0.2, 0.25) is 17.7 Å². The van der Waals surface area contributed by atoms with Crippen LogP contribution in [0, 0.1) is 5.92 Å². The van der Waals surface area contributed by atoms with Crippen LogP contribution in [0.15, 0.2) is 54.7 Å². The Kier molecular flexibility index (Phi) is 10.6. The van der Waals surface area contributed by atoms with Crippen LogP contribution in [0.3, 0.4) is 0 Å². The van der Waals surface area contributed by atoms with Gasteiger partial charge in [-0.25, -0.2) is 4.79 Å². The predicted molar refractivity (Wildman–Crippen MR) is 154 cm³/mol. The molecule has 1 heterocycles. The molecule has 2 aromatic carbocycles. The monoisotopic (exact) mass is 569 g/mol. The van der Waals surface area contributed by atoms with E-state index in [1.54, 1.807) is 32.2 Å². The van der Waals surface area contributed by atoms with Crippen LogP contribution in [0.5, 0.6) is 5.75 Å². The van der Waals surface area contributed by atoms with E-state index in [4.69, 9.17) is 5.73 Å². The van der Waals surface area contributed by atoms with Crippen LogP contribution < -0.4 is 21.7 Å². The van der Waals surface area contributed by atoms with Crippen molar-refractivity contribution in [3.8, 4) is 5.75 Å². The summed E-state index contributed by atoms with van der Waals surface area (Å²) >= 11 is 4.19. The molecule has 40 heavy (non-hydrogen) atoms. The molecule has 4 atom stereocenters. The summed E-state index contributed by atoms with van der Waals surface area (Å²) in [7, 11) is 0. The lowest BCUT2D eigenvalue weighted by Crippen LogP contribution is -2.58. The molecule has 0 spiro atoms. The maximum Gasteiger partial charge on any atom is 0.326 e. The number of carbonyl (C=O) groups excluding carboxylic acids is 3. The molecule has 3 rings (SSSR count). The van der Waals surface area contributed by atoms with Crippen LogP contribution in [0.25, 0.3) is 10.9 Å². The highest BCUT2D eigenvalue weighted by Crippen LogP contribution is 2.19. The second kappa shape index (κ2) is 13.9. The molecule has 0 saturated heterocycles. The van der Waals surface area contributed by atoms with Crippen molar-refractivity contribution >= 4 is 47.2 Å². The third-order valence-electron chi connectivity index (χ3n) is 6.56. The number of thiol groups is 1. The van der Waals surface area contributed by atoms with Gasteiger partial charge in [0.05, 0.1) is 6.04 Å². The molecule has 0 saturated carbocycles. The number of para-hydroxylation sites is 1. The minimum atomic E-state index is -1.29. The number of hydrogen-bond donors (Lipinski definition) is 8. The number of rotatable bonds is 13. The van der Waals surface area contributed by atoms with Gasteiger partial charge >= 0.3 is 5.97 Å². The normalized spacial score (nSPS) is 14.2. The van der Waals surface area contributed by atoms with Crippen molar-refractivity contribution in [3.63, 3.8) is 0 Å². The summed E-state index contributed by atoms with van der Waals surface area (Å²) in [6.45, 7) is 3.58. The molecule has 0 bridgehead atoms. The SMILES string of the molecule is CC(C)C(N)C(=O)NC(Cc1c[nH]c2ccccc12)C(=O)NC(CS)C(=O)NC(Cc1ccc(O)cc1)C(=O)O. The molecule has 12 heteroatoms. The van der Waals surface area contributed by atoms with Gasteiger partial charge in [0.15, 0.2) is 0 Å². The first-order chi connectivity index (χ1) is 19.0. The number of carbonyl (C=O) groups is 4. The van der Waals surface area contributed by atoms with Gasteiger partial charge in [0.1, 0.15) is 23.9 Å². The summed E-state index contributed by atoms with van der Waals surface area (Å²) in [5.41, 5.74) is 8.23. The minimum absolute atomic E-state index is 0.0288. The number of nitrogens with one attached hydrogen (secondary N) is 4. The Morgan fingerprint density at radius 3 is 2.10 bits per heavy atom. The highest BCUT2D eigenvalue weighted by Gasteiger charge is 2.31. The maximum atomic E-state index is 13.4. The molecule has 4 unspecified atom stereocenters. The van der Waals surface area contributed by atoms with E-state index in [9.17, 15) is 29.4 Å². The molecular formula is C28H35N5O6S. The van der Waals surface area contributed by atoms with E-state index in [0.717, 1.165) is 16.5 Å². The summed E-state index contributed by atoms with van der Waals surface area (Å²) in [5, 5.41) is 27.7. The number of aromatic amines is 1. The first-order valence-corrected chi connectivity index (χ1v) is 13.5. The number of carboxylic acid groups (broad SMARTS) is 1. The number of fused-ring (bicyclic) bond motifs is 1. The van der Waals surface area contributed by atoms with Crippen molar-refractivity contribution in [1.29, 1.82) is 0 Å². The molecule has 0 aliphatic heterocycles. The van der Waals surface area contributed by atoms with Crippen LogP contribution in [0.2, 0.25) is 0 Å². The molecule has 0 fully saturated rings. The summed E-state index contributed by atoms with van der Waals surface area (Å²) in [6.07, 6.45) is 1.83. The average Bonchev–Trinajstić information content (AvgIpc) is 3.33. The van der Waals surface area contributed by atoms with Gasteiger partial charge in [-0.2, -0.15) is 12.6 Å². The fourth-order valence-electron chi connectivity index (χ4n) is 4.11. The van der Waals surface area contributed by atoms with Gasteiger partial charge in [0, 0.05) is 35.7 Å². The van der Waals surface area contributed by atoms with E-state index in [0.29, 0.717) is 5.56 Å². The zero-order valence-corrected chi connectivity index (χ0v) is 23.2. The summed E-state index contributed by atoms with van der Waals surface area (Å²) in [5.74, 6) is -3.43. The van der Waals surface area contributed by atoms with Crippen LogP contribution in [-0.2, 0) is 32.0 Å². The van der Waals surface area contributed by atoms with Crippen LogP contribution >= 0.6 is 12.6 Å². The zero-order chi connectivity index (χ0) is 29.4. The van der Waals surface area contributed by atoms with E-state index in [1.807, 2.05) is 24.3 Å². The predicted octanol–water partition coefficient (Wildman–Crippen LogP) is 1.11. The number of aromatic hydroxyl groups is 1. The summed E-state index contributed by atoms with van der Waals surface area (Å²) in [4.78, 5) is 54.2. The van der Waals surface area contributed by atoms with E-state index < -0.39 is 47.9 Å². The second-order valence-electron chi connectivity index (χ2n) is 9.91. The standard InChI is InChI=1S/C28H35N5O6S/c1-15(2)24(29)27(37)31-21(12-17-13-30-20-6-4-3-5-19(17)20)25(35)33-23(14-40)26(36)32-22(28(38)39)11-16-7-9-18(34)10-8-16/h3-10,13,15,21-24,30,34,40H,11-12,14,29H2,1-2H3,(H,31,37)(H,32,36)(H,33,35)(H,38,39). The number of benzene rings is 2. The number of aromatic nitrogens is 1. The lowest BCUT2D eigenvalue weighted by molar-refractivity contribution is -0.142. The zero-order valence-electron chi connectivity index (χ0n) is 22.3. The number of amides is 3.